The molecule has 2 aliphatic heterocycles. The van der Waals surface area contributed by atoms with Gasteiger partial charge in [0.25, 0.3) is 10.0 Å². The van der Waals surface area contributed by atoms with E-state index in [9.17, 15) is 13.5 Å². The summed E-state index contributed by atoms with van der Waals surface area (Å²) in [4.78, 5) is 2.49. The molecular weight excluding hydrogens is 464 g/mol. The van der Waals surface area contributed by atoms with Gasteiger partial charge in [-0.2, -0.15) is 0 Å². The van der Waals surface area contributed by atoms with E-state index in [0.29, 0.717) is 26.3 Å². The van der Waals surface area contributed by atoms with Gasteiger partial charge in [0.05, 0.1) is 35.4 Å². The maximum atomic E-state index is 13.8. The molecule has 6 rings (SSSR count). The van der Waals surface area contributed by atoms with Crippen molar-refractivity contribution >= 4 is 20.9 Å². The average molecular weight is 497 g/mol. The molecule has 0 bridgehead atoms. The van der Waals surface area contributed by atoms with Gasteiger partial charge in [0.1, 0.15) is 0 Å². The van der Waals surface area contributed by atoms with Crippen LogP contribution in [0.5, 0.6) is 0 Å². The number of aliphatic hydroxyl groups is 1. The third kappa shape index (κ3) is 4.11. The molecule has 7 nitrogen and oxygen atoms in total. The van der Waals surface area contributed by atoms with Gasteiger partial charge in [0.15, 0.2) is 5.79 Å². The number of rotatable bonds is 5. The van der Waals surface area contributed by atoms with Crippen molar-refractivity contribution in [3.8, 4) is 0 Å². The molecule has 1 atom stereocenters. The van der Waals surface area contributed by atoms with Gasteiger partial charge < -0.3 is 14.6 Å². The van der Waals surface area contributed by atoms with Crippen molar-refractivity contribution < 1.29 is 23.0 Å². The summed E-state index contributed by atoms with van der Waals surface area (Å²) >= 11 is 0. The Morgan fingerprint density at radius 2 is 1.69 bits per heavy atom. The number of hydrogen-bond donors (Lipinski definition) is 1. The molecule has 186 valence electrons. The van der Waals surface area contributed by atoms with Gasteiger partial charge in [-0.25, -0.2) is 12.4 Å². The number of aliphatic hydroxyl groups excluding tert-OH is 1. The van der Waals surface area contributed by atoms with E-state index in [2.05, 4.69) is 4.90 Å². The molecule has 0 radical (unpaired) electrons. The van der Waals surface area contributed by atoms with E-state index in [0.717, 1.165) is 60.8 Å². The minimum absolute atomic E-state index is 0.203. The Balaban J connectivity index is 1.25. The lowest BCUT2D eigenvalue weighted by Gasteiger charge is -2.38. The Bertz CT molecular complexity index is 1300. The van der Waals surface area contributed by atoms with Crippen LogP contribution in [0.2, 0.25) is 0 Å². The zero-order chi connectivity index (χ0) is 24.0. The highest BCUT2D eigenvalue weighted by atomic mass is 32.2. The van der Waals surface area contributed by atoms with Crippen molar-refractivity contribution in [1.82, 2.24) is 8.87 Å². The average Bonchev–Trinajstić information content (AvgIpc) is 3.47. The van der Waals surface area contributed by atoms with Crippen LogP contribution in [0.3, 0.4) is 0 Å². The molecule has 1 aliphatic carbocycles. The van der Waals surface area contributed by atoms with Gasteiger partial charge in [0.2, 0.25) is 0 Å². The molecule has 1 saturated carbocycles. The molecule has 1 aromatic heterocycles. The lowest BCUT2D eigenvalue weighted by Crippen LogP contribution is -2.43. The lowest BCUT2D eigenvalue weighted by atomic mass is 9.81. The molecule has 3 aliphatic rings. The van der Waals surface area contributed by atoms with Crippen LogP contribution in [-0.2, 0) is 32.5 Å². The second-order valence-corrected chi connectivity index (χ2v) is 11.8. The Morgan fingerprint density at radius 3 is 2.43 bits per heavy atom. The monoisotopic (exact) mass is 496 g/mol. The minimum Gasteiger partial charge on any atom is -0.392 e. The SMILES string of the molecule is O=S(=O)(c1ccccc1)n1c2c(c3ccccc31)CCN(CC(O)C1CCC3(CC1)OCCO3)C2. The lowest BCUT2D eigenvalue weighted by molar-refractivity contribution is -0.187. The van der Waals surface area contributed by atoms with Gasteiger partial charge >= 0.3 is 0 Å². The maximum absolute atomic E-state index is 13.8. The molecule has 1 N–H and O–H groups in total. The molecule has 2 fully saturated rings. The molecule has 8 heteroatoms. The molecule has 35 heavy (non-hydrogen) atoms. The van der Waals surface area contributed by atoms with Crippen molar-refractivity contribution in [3.63, 3.8) is 0 Å². The number of benzene rings is 2. The molecule has 3 aromatic rings. The first kappa shape index (κ1) is 23.2. The Kier molecular flexibility index (Phi) is 5.97. The number of hydrogen-bond acceptors (Lipinski definition) is 6. The van der Waals surface area contributed by atoms with E-state index in [1.165, 1.54) is 3.97 Å². The fourth-order valence-corrected chi connectivity index (χ4v) is 7.71. The van der Waals surface area contributed by atoms with E-state index < -0.39 is 21.9 Å². The van der Waals surface area contributed by atoms with E-state index >= 15 is 0 Å². The van der Waals surface area contributed by atoms with Crippen molar-refractivity contribution in [3.05, 3.63) is 65.9 Å². The van der Waals surface area contributed by atoms with Crippen LogP contribution in [0.15, 0.2) is 59.5 Å². The zero-order valence-corrected chi connectivity index (χ0v) is 20.6. The van der Waals surface area contributed by atoms with E-state index in [1.807, 2.05) is 30.3 Å². The quantitative estimate of drug-likeness (QED) is 0.582. The highest BCUT2D eigenvalue weighted by Crippen LogP contribution is 2.40. The fourth-order valence-electron chi connectivity index (χ4n) is 6.12. The first-order valence-corrected chi connectivity index (χ1v) is 14.0. The summed E-state index contributed by atoms with van der Waals surface area (Å²) in [6.07, 6.45) is 3.70. The van der Waals surface area contributed by atoms with E-state index in [-0.39, 0.29) is 10.8 Å². The van der Waals surface area contributed by atoms with Crippen molar-refractivity contribution in [2.24, 2.45) is 5.92 Å². The summed E-state index contributed by atoms with van der Waals surface area (Å²) in [5.74, 6) is -0.225. The van der Waals surface area contributed by atoms with Gasteiger partial charge in [-0.3, -0.25) is 4.90 Å². The fraction of sp³-hybridized carbons (Fsp3) is 0.481. The minimum atomic E-state index is -3.75. The topological polar surface area (TPSA) is 81.0 Å². The second-order valence-electron chi connectivity index (χ2n) is 10.0. The highest BCUT2D eigenvalue weighted by molar-refractivity contribution is 7.90. The predicted octanol–water partition coefficient (Wildman–Crippen LogP) is 3.53. The summed E-state index contributed by atoms with van der Waals surface area (Å²) in [7, 11) is -3.75. The van der Waals surface area contributed by atoms with Crippen molar-refractivity contribution in [1.29, 1.82) is 0 Å². The number of aromatic nitrogens is 1. The predicted molar refractivity (Wildman–Crippen MR) is 133 cm³/mol. The number of ether oxygens (including phenoxy) is 2. The van der Waals surface area contributed by atoms with Gasteiger partial charge in [-0.1, -0.05) is 36.4 Å². The van der Waals surface area contributed by atoms with Crippen LogP contribution in [-0.4, -0.2) is 60.6 Å². The van der Waals surface area contributed by atoms with Gasteiger partial charge in [-0.05, 0) is 48.9 Å². The molecule has 2 aromatic carbocycles. The standard InChI is InChI=1S/C27H32N2O5S/c30-26(20-10-13-27(14-11-20)33-16-17-34-27)19-28-15-12-23-22-8-4-5-9-24(22)29(25(23)18-28)35(31,32)21-6-2-1-3-7-21/h1-9,20,26,30H,10-19H2. The highest BCUT2D eigenvalue weighted by Gasteiger charge is 2.42. The summed E-state index contributed by atoms with van der Waals surface area (Å²) < 4.78 is 40.7. The zero-order valence-electron chi connectivity index (χ0n) is 19.8. The van der Waals surface area contributed by atoms with Crippen molar-refractivity contribution in [2.45, 2.75) is 55.4 Å². The van der Waals surface area contributed by atoms with Gasteiger partial charge in [-0.15, -0.1) is 0 Å². The molecule has 1 spiro atoms. The van der Waals surface area contributed by atoms with Crippen LogP contribution in [0.1, 0.15) is 36.9 Å². The summed E-state index contributed by atoms with van der Waals surface area (Å²) in [6, 6.07) is 16.4. The van der Waals surface area contributed by atoms with Crippen LogP contribution in [0.4, 0.5) is 0 Å². The van der Waals surface area contributed by atoms with Crippen molar-refractivity contribution in [2.75, 3.05) is 26.3 Å². The summed E-state index contributed by atoms with van der Waals surface area (Å²) in [5, 5.41) is 12.1. The molecule has 0 amide bonds. The third-order valence-corrected chi connectivity index (χ3v) is 9.74. The summed E-state index contributed by atoms with van der Waals surface area (Å²) in [5.41, 5.74) is 2.63. The molecule has 1 unspecified atom stereocenters. The molecule has 3 heterocycles. The first-order chi connectivity index (χ1) is 17.0. The Hall–Kier alpha value is -2.23. The third-order valence-electron chi connectivity index (χ3n) is 7.97. The Labute approximate surface area is 206 Å². The van der Waals surface area contributed by atoms with Crippen LogP contribution >= 0.6 is 0 Å². The number of β-amino-alcohol motifs (C(OH)–C–C–N with tert-alkyl or cyclic N) is 1. The Morgan fingerprint density at radius 1 is 1.00 bits per heavy atom. The molecule has 1 saturated heterocycles. The van der Waals surface area contributed by atoms with Crippen LogP contribution in [0, 0.1) is 5.92 Å². The van der Waals surface area contributed by atoms with Gasteiger partial charge in [0, 0.05) is 37.9 Å². The van der Waals surface area contributed by atoms with Crippen LogP contribution in [0.25, 0.3) is 10.9 Å². The van der Waals surface area contributed by atoms with E-state index in [4.69, 9.17) is 9.47 Å². The number of nitrogens with zero attached hydrogens (tertiary/aromatic N) is 2. The summed E-state index contributed by atoms with van der Waals surface area (Å²) in [6.45, 7) is 3.14. The maximum Gasteiger partial charge on any atom is 0.268 e. The first-order valence-electron chi connectivity index (χ1n) is 12.6. The van der Waals surface area contributed by atoms with E-state index in [1.54, 1.807) is 24.3 Å². The second kappa shape index (κ2) is 9.01. The smallest absolute Gasteiger partial charge is 0.268 e. The van der Waals surface area contributed by atoms with Crippen LogP contribution < -0.4 is 0 Å². The number of fused-ring (bicyclic) bond motifs is 3. The largest absolute Gasteiger partial charge is 0.392 e. The number of para-hydroxylation sites is 1. The normalized spacial score (nSPS) is 22.0. The molecular formula is C27H32N2O5S.